The topological polar surface area (TPSA) is 124 Å². The van der Waals surface area contributed by atoms with E-state index in [0.717, 1.165) is 18.3 Å². The van der Waals surface area contributed by atoms with Crippen LogP contribution in [0.1, 0.15) is 52.0 Å². The average molecular weight is 602 g/mol. The van der Waals surface area contributed by atoms with Crippen LogP contribution in [0.25, 0.3) is 10.9 Å². The molecule has 0 saturated heterocycles. The summed E-state index contributed by atoms with van der Waals surface area (Å²) in [5, 5.41) is 2.01. The summed E-state index contributed by atoms with van der Waals surface area (Å²) in [5.74, 6) is 0. The molecule has 0 spiro atoms. The first-order valence-electron chi connectivity index (χ1n) is 12.5. The molecule has 3 aromatic rings. The normalized spacial score (nSPS) is 18.9. The highest BCUT2D eigenvalue weighted by atomic mass is 32.2. The van der Waals surface area contributed by atoms with Gasteiger partial charge in [0.1, 0.15) is 10.5 Å². The summed E-state index contributed by atoms with van der Waals surface area (Å²) < 4.78 is 104. The van der Waals surface area contributed by atoms with Gasteiger partial charge in [0.25, 0.3) is 10.0 Å². The summed E-state index contributed by atoms with van der Waals surface area (Å²) in [6, 6.07) is 9.01. The minimum atomic E-state index is -4.95. The van der Waals surface area contributed by atoms with E-state index in [1.807, 2.05) is 0 Å². The number of ether oxygens (including phenoxy) is 1. The van der Waals surface area contributed by atoms with E-state index in [9.17, 15) is 34.8 Å². The number of halogens is 3. The van der Waals surface area contributed by atoms with Crippen molar-refractivity contribution in [2.45, 2.75) is 80.1 Å². The first-order chi connectivity index (χ1) is 18.5. The Bertz CT molecular complexity index is 1600. The molecule has 1 aliphatic carbocycles. The molecule has 2 N–H and O–H groups in total. The zero-order valence-corrected chi connectivity index (χ0v) is 23.7. The van der Waals surface area contributed by atoms with Crippen LogP contribution in [0.3, 0.4) is 0 Å². The Labute approximate surface area is 230 Å². The summed E-state index contributed by atoms with van der Waals surface area (Å²) in [4.78, 5) is 11.1. The summed E-state index contributed by atoms with van der Waals surface area (Å²) >= 11 is 0. The van der Waals surface area contributed by atoms with Crippen molar-refractivity contribution in [3.63, 3.8) is 0 Å². The fourth-order valence-electron chi connectivity index (χ4n) is 4.68. The predicted molar refractivity (Wildman–Crippen MR) is 142 cm³/mol. The number of nitrogens with one attached hydrogen (secondary N) is 2. The van der Waals surface area contributed by atoms with E-state index in [4.69, 9.17) is 4.74 Å². The van der Waals surface area contributed by atoms with E-state index >= 15 is 0 Å². The van der Waals surface area contributed by atoms with Gasteiger partial charge < -0.3 is 10.1 Å². The average Bonchev–Trinajstić information content (AvgIpc) is 3.25. The minimum absolute atomic E-state index is 0.211. The molecular weight excluding hydrogens is 571 g/mol. The van der Waals surface area contributed by atoms with Crippen LogP contribution in [0.2, 0.25) is 0 Å². The van der Waals surface area contributed by atoms with Crippen LogP contribution >= 0.6 is 0 Å². The molecule has 0 atom stereocenters. The SMILES string of the molecule is CC(C)(C)OC(=O)NC1CCC(NS(=O)(=O)c2cn(S(=O)(=O)c3ccccc3)c3cccc(C(F)(F)F)c23)CC1. The molecule has 1 aromatic heterocycles. The van der Waals surface area contributed by atoms with Crippen LogP contribution in [0.15, 0.2) is 64.5 Å². The maximum Gasteiger partial charge on any atom is 0.417 e. The number of sulfonamides is 1. The van der Waals surface area contributed by atoms with Gasteiger partial charge in [-0.2, -0.15) is 13.2 Å². The molecule has 2 aromatic carbocycles. The van der Waals surface area contributed by atoms with Crippen LogP contribution < -0.4 is 10.0 Å². The molecule has 0 unspecified atom stereocenters. The Kier molecular flexibility index (Phi) is 8.00. The summed E-state index contributed by atoms with van der Waals surface area (Å²) in [7, 11) is -9.03. The number of aromatic nitrogens is 1. The Hall–Kier alpha value is -3.10. The van der Waals surface area contributed by atoms with Crippen LogP contribution in [-0.4, -0.2) is 44.6 Å². The largest absolute Gasteiger partial charge is 0.444 e. The van der Waals surface area contributed by atoms with Crippen molar-refractivity contribution in [2.24, 2.45) is 0 Å². The number of hydrogen-bond donors (Lipinski definition) is 2. The first kappa shape index (κ1) is 29.9. The smallest absolute Gasteiger partial charge is 0.417 e. The lowest BCUT2D eigenvalue weighted by Crippen LogP contribution is -2.45. The second kappa shape index (κ2) is 10.7. The van der Waals surface area contributed by atoms with E-state index in [1.54, 1.807) is 26.8 Å². The van der Waals surface area contributed by atoms with Gasteiger partial charge in [0.15, 0.2) is 0 Å². The van der Waals surface area contributed by atoms with Crippen molar-refractivity contribution in [1.29, 1.82) is 0 Å². The quantitative estimate of drug-likeness (QED) is 0.410. The Morgan fingerprint density at radius 2 is 1.50 bits per heavy atom. The molecule has 1 aliphatic rings. The van der Waals surface area contributed by atoms with Crippen molar-refractivity contribution in [3.05, 3.63) is 60.3 Å². The van der Waals surface area contributed by atoms with Gasteiger partial charge >= 0.3 is 12.3 Å². The van der Waals surface area contributed by atoms with Crippen LogP contribution in [0.5, 0.6) is 0 Å². The molecule has 0 aliphatic heterocycles. The number of nitrogens with zero attached hydrogens (tertiary/aromatic N) is 1. The number of hydrogen-bond acceptors (Lipinski definition) is 6. The number of fused-ring (bicyclic) bond motifs is 1. The molecule has 0 radical (unpaired) electrons. The second-order valence-corrected chi connectivity index (χ2v) is 14.1. The molecule has 1 heterocycles. The predicted octanol–water partition coefficient (Wildman–Crippen LogP) is 5.01. The summed E-state index contributed by atoms with van der Waals surface area (Å²) in [6.45, 7) is 5.18. The highest BCUT2D eigenvalue weighted by molar-refractivity contribution is 7.91. The van der Waals surface area contributed by atoms with Gasteiger partial charge in [-0.3, -0.25) is 0 Å². The molecule has 1 saturated carbocycles. The molecule has 40 heavy (non-hydrogen) atoms. The molecular formula is C26H30F3N3O6S2. The molecule has 1 amide bonds. The number of carbonyl (C=O) groups excluding carboxylic acids is 1. The lowest BCUT2D eigenvalue weighted by molar-refractivity contribution is -0.136. The monoisotopic (exact) mass is 601 g/mol. The number of amides is 1. The van der Waals surface area contributed by atoms with Crippen LogP contribution in [0.4, 0.5) is 18.0 Å². The minimum Gasteiger partial charge on any atom is -0.444 e. The van der Waals surface area contributed by atoms with Gasteiger partial charge in [-0.15, -0.1) is 0 Å². The highest BCUT2D eigenvalue weighted by Gasteiger charge is 2.38. The Morgan fingerprint density at radius 1 is 0.900 bits per heavy atom. The number of benzene rings is 2. The van der Waals surface area contributed by atoms with Crippen molar-refractivity contribution in [3.8, 4) is 0 Å². The van der Waals surface area contributed by atoms with E-state index in [-0.39, 0.29) is 10.9 Å². The number of carbonyl (C=O) groups is 1. The van der Waals surface area contributed by atoms with Gasteiger partial charge in [0.05, 0.1) is 16.0 Å². The van der Waals surface area contributed by atoms with E-state index < -0.39 is 65.3 Å². The lowest BCUT2D eigenvalue weighted by Gasteiger charge is -2.30. The zero-order valence-electron chi connectivity index (χ0n) is 22.0. The maximum atomic E-state index is 14.0. The third kappa shape index (κ3) is 6.44. The number of alkyl carbamates (subject to hydrolysis) is 1. The van der Waals surface area contributed by atoms with E-state index in [2.05, 4.69) is 10.0 Å². The Balaban J connectivity index is 1.66. The van der Waals surface area contributed by atoms with Crippen molar-refractivity contribution >= 4 is 37.0 Å². The van der Waals surface area contributed by atoms with Gasteiger partial charge in [-0.1, -0.05) is 24.3 Å². The fraction of sp³-hybridized carbons (Fsp3) is 0.423. The molecule has 1 fully saturated rings. The molecule has 0 bridgehead atoms. The summed E-state index contributed by atoms with van der Waals surface area (Å²) in [5.41, 5.74) is -2.36. The number of alkyl halides is 3. The highest BCUT2D eigenvalue weighted by Crippen LogP contribution is 2.40. The maximum absolute atomic E-state index is 14.0. The van der Waals surface area contributed by atoms with E-state index in [0.29, 0.717) is 35.7 Å². The lowest BCUT2D eigenvalue weighted by atomic mass is 9.92. The van der Waals surface area contributed by atoms with Gasteiger partial charge in [0.2, 0.25) is 10.0 Å². The van der Waals surface area contributed by atoms with Crippen LogP contribution in [0, 0.1) is 0 Å². The van der Waals surface area contributed by atoms with E-state index in [1.165, 1.54) is 24.3 Å². The fourth-order valence-corrected chi connectivity index (χ4v) is 7.66. The first-order valence-corrected chi connectivity index (χ1v) is 15.4. The molecule has 4 rings (SSSR count). The Morgan fingerprint density at radius 3 is 2.08 bits per heavy atom. The standard InChI is InChI=1S/C26H30F3N3O6S2/c1-25(2,3)38-24(33)30-17-12-14-18(15-13-17)31-39(34,35)22-16-32(40(36,37)19-8-5-4-6-9-19)21-11-7-10-20(23(21)22)26(27,28)29/h4-11,16-18,31H,12-15H2,1-3H3,(H,30,33). The molecule has 218 valence electrons. The van der Waals surface area contributed by atoms with Crippen LogP contribution in [-0.2, 0) is 31.0 Å². The van der Waals surface area contributed by atoms with Gasteiger partial charge in [-0.05, 0) is 70.7 Å². The third-order valence-electron chi connectivity index (χ3n) is 6.43. The number of rotatable bonds is 6. The van der Waals surface area contributed by atoms with Crippen molar-refractivity contribution in [2.75, 3.05) is 0 Å². The van der Waals surface area contributed by atoms with Crippen molar-refractivity contribution in [1.82, 2.24) is 14.0 Å². The molecule has 9 nitrogen and oxygen atoms in total. The van der Waals surface area contributed by atoms with Gasteiger partial charge in [0, 0.05) is 23.7 Å². The van der Waals surface area contributed by atoms with Crippen molar-refractivity contribution < 1.29 is 39.5 Å². The second-order valence-electron chi connectivity index (χ2n) is 10.6. The molecule has 14 heteroatoms. The zero-order chi connectivity index (χ0) is 29.5. The third-order valence-corrected chi connectivity index (χ3v) is 9.65. The van der Waals surface area contributed by atoms with Gasteiger partial charge in [-0.25, -0.2) is 30.3 Å². The summed E-state index contributed by atoms with van der Waals surface area (Å²) in [6.07, 6.45) is -3.41.